The molecular weight excluding hydrogens is 433 g/mol. The molecule has 0 unspecified atom stereocenters. The molecule has 0 saturated carbocycles. The zero-order valence-corrected chi connectivity index (χ0v) is 16.8. The van der Waals surface area contributed by atoms with Crippen molar-refractivity contribution in [3.63, 3.8) is 0 Å². The first-order chi connectivity index (χ1) is 12.6. The highest BCUT2D eigenvalue weighted by Gasteiger charge is 2.18. The van der Waals surface area contributed by atoms with Crippen LogP contribution >= 0.6 is 22.6 Å². The third kappa shape index (κ3) is 4.14. The Labute approximate surface area is 168 Å². The Morgan fingerprint density at radius 3 is 2.35 bits per heavy atom. The molecule has 3 heteroatoms. The van der Waals surface area contributed by atoms with Crippen LogP contribution in [0.1, 0.15) is 27.0 Å². The molecule has 0 aliphatic heterocycles. The van der Waals surface area contributed by atoms with Crippen LogP contribution in [0.2, 0.25) is 0 Å². The van der Waals surface area contributed by atoms with Crippen molar-refractivity contribution in [2.24, 2.45) is 0 Å². The predicted octanol–water partition coefficient (Wildman–Crippen LogP) is 5.28. The molecule has 26 heavy (non-hydrogen) atoms. The average molecular weight is 451 g/mol. The minimum atomic E-state index is -0.0402. The van der Waals surface area contributed by atoms with Gasteiger partial charge >= 0.3 is 0 Å². The van der Waals surface area contributed by atoms with Crippen LogP contribution in [-0.4, -0.2) is 13.0 Å². The fraction of sp³-hybridized carbons (Fsp3) is 0.0870. The Morgan fingerprint density at radius 1 is 0.923 bits per heavy atom. The lowest BCUT2D eigenvalue weighted by Gasteiger charge is -2.20. The van der Waals surface area contributed by atoms with Gasteiger partial charge in [-0.2, -0.15) is 0 Å². The van der Waals surface area contributed by atoms with Crippen molar-refractivity contribution in [3.8, 4) is 11.8 Å². The number of amides is 1. The van der Waals surface area contributed by atoms with Crippen LogP contribution in [0.4, 0.5) is 5.69 Å². The highest BCUT2D eigenvalue weighted by Crippen LogP contribution is 2.23. The van der Waals surface area contributed by atoms with E-state index in [1.807, 2.05) is 79.7 Å². The second-order valence-electron chi connectivity index (χ2n) is 5.98. The molecule has 0 bridgehead atoms. The summed E-state index contributed by atoms with van der Waals surface area (Å²) < 4.78 is 0.936. The van der Waals surface area contributed by atoms with Crippen LogP contribution in [0, 0.1) is 22.3 Å². The number of rotatable bonds is 2. The predicted molar refractivity (Wildman–Crippen MR) is 115 cm³/mol. The minimum Gasteiger partial charge on any atom is -0.310 e. The molecule has 3 aromatic carbocycles. The van der Waals surface area contributed by atoms with Crippen LogP contribution < -0.4 is 4.90 Å². The monoisotopic (exact) mass is 451 g/mol. The molecule has 0 aliphatic carbocycles. The van der Waals surface area contributed by atoms with Crippen LogP contribution in [-0.2, 0) is 0 Å². The number of benzene rings is 3. The smallest absolute Gasteiger partial charge is 0.259 e. The molecule has 0 N–H and O–H groups in total. The maximum atomic E-state index is 13.0. The molecular formula is C23H18INO. The lowest BCUT2D eigenvalue weighted by atomic mass is 10.1. The van der Waals surface area contributed by atoms with E-state index < -0.39 is 0 Å². The van der Waals surface area contributed by atoms with E-state index in [0.29, 0.717) is 5.56 Å². The van der Waals surface area contributed by atoms with Crippen molar-refractivity contribution in [2.75, 3.05) is 11.9 Å². The van der Waals surface area contributed by atoms with Gasteiger partial charge in [-0.05, 0) is 71.5 Å². The lowest BCUT2D eigenvalue weighted by Crippen LogP contribution is -2.27. The van der Waals surface area contributed by atoms with Gasteiger partial charge in [0.2, 0.25) is 0 Å². The molecule has 0 spiro atoms. The quantitative estimate of drug-likeness (QED) is 0.384. The highest BCUT2D eigenvalue weighted by molar-refractivity contribution is 14.1. The Balaban J connectivity index is 1.99. The normalized spacial score (nSPS) is 9.96. The number of aryl methyl sites for hydroxylation is 1. The molecule has 0 heterocycles. The zero-order chi connectivity index (χ0) is 18.5. The summed E-state index contributed by atoms with van der Waals surface area (Å²) in [5.41, 5.74) is 4.41. The van der Waals surface area contributed by atoms with E-state index in [-0.39, 0.29) is 5.91 Å². The van der Waals surface area contributed by atoms with Crippen LogP contribution in [0.3, 0.4) is 0 Å². The molecule has 0 radical (unpaired) electrons. The maximum absolute atomic E-state index is 13.0. The number of carbonyl (C=O) groups excluding carboxylic acids is 1. The second kappa shape index (κ2) is 8.20. The molecule has 3 rings (SSSR count). The van der Waals surface area contributed by atoms with Gasteiger partial charge < -0.3 is 4.90 Å². The first-order valence-electron chi connectivity index (χ1n) is 8.26. The molecule has 0 fully saturated rings. The summed E-state index contributed by atoms with van der Waals surface area (Å²) in [6.45, 7) is 2.03. The minimum absolute atomic E-state index is 0.0402. The fourth-order valence-corrected chi connectivity index (χ4v) is 3.25. The third-order valence-corrected chi connectivity index (χ3v) is 4.98. The van der Waals surface area contributed by atoms with Crippen LogP contribution in [0.25, 0.3) is 0 Å². The SMILES string of the molecule is Cc1ccc(N(C)C(=O)c2ccccc2I)c(C#Cc2ccccc2)c1. The highest BCUT2D eigenvalue weighted by atomic mass is 127. The Hall–Kier alpha value is -2.58. The summed E-state index contributed by atoms with van der Waals surface area (Å²) >= 11 is 2.19. The molecule has 2 nitrogen and oxygen atoms in total. The summed E-state index contributed by atoms with van der Waals surface area (Å²) in [6, 6.07) is 23.4. The van der Waals surface area contributed by atoms with Crippen molar-refractivity contribution in [1.82, 2.24) is 0 Å². The topological polar surface area (TPSA) is 20.3 Å². The maximum Gasteiger partial charge on any atom is 0.259 e. The first-order valence-corrected chi connectivity index (χ1v) is 9.34. The van der Waals surface area contributed by atoms with E-state index in [2.05, 4.69) is 34.4 Å². The van der Waals surface area contributed by atoms with Gasteiger partial charge in [0.1, 0.15) is 0 Å². The third-order valence-electron chi connectivity index (χ3n) is 4.04. The molecule has 3 aromatic rings. The van der Waals surface area contributed by atoms with Crippen LogP contribution in [0.15, 0.2) is 72.8 Å². The number of hydrogen-bond acceptors (Lipinski definition) is 1. The van der Waals surface area contributed by atoms with Gasteiger partial charge in [0.15, 0.2) is 0 Å². The molecule has 1 amide bonds. The summed E-state index contributed by atoms with van der Waals surface area (Å²) in [5.74, 6) is 6.37. The molecule has 0 saturated heterocycles. The molecule has 128 valence electrons. The van der Waals surface area contributed by atoms with Gasteiger partial charge in [-0.1, -0.05) is 48.2 Å². The first kappa shape index (κ1) is 18.2. The van der Waals surface area contributed by atoms with E-state index in [9.17, 15) is 4.79 Å². The van der Waals surface area contributed by atoms with E-state index in [1.165, 1.54) is 0 Å². The van der Waals surface area contributed by atoms with Gasteiger partial charge in [-0.3, -0.25) is 4.79 Å². The van der Waals surface area contributed by atoms with Gasteiger partial charge in [0, 0.05) is 21.7 Å². The fourth-order valence-electron chi connectivity index (χ4n) is 2.63. The number of nitrogens with zero attached hydrogens (tertiary/aromatic N) is 1. The summed E-state index contributed by atoms with van der Waals surface area (Å²) in [6.07, 6.45) is 0. The lowest BCUT2D eigenvalue weighted by molar-refractivity contribution is 0.0992. The van der Waals surface area contributed by atoms with Crippen molar-refractivity contribution in [2.45, 2.75) is 6.92 Å². The number of hydrogen-bond donors (Lipinski definition) is 0. The van der Waals surface area contributed by atoms with Gasteiger partial charge in [0.25, 0.3) is 5.91 Å². The van der Waals surface area contributed by atoms with Crippen molar-refractivity contribution >= 4 is 34.2 Å². The molecule has 0 atom stereocenters. The van der Waals surface area contributed by atoms with Gasteiger partial charge in [0.05, 0.1) is 11.3 Å². The number of carbonyl (C=O) groups is 1. The summed E-state index contributed by atoms with van der Waals surface area (Å²) in [7, 11) is 1.80. The van der Waals surface area contributed by atoms with Crippen molar-refractivity contribution in [3.05, 3.63) is 98.6 Å². The van der Waals surface area contributed by atoms with E-state index in [4.69, 9.17) is 0 Å². The van der Waals surface area contributed by atoms with Crippen molar-refractivity contribution in [1.29, 1.82) is 0 Å². The van der Waals surface area contributed by atoms with Gasteiger partial charge in [-0.25, -0.2) is 0 Å². The van der Waals surface area contributed by atoms with E-state index in [1.54, 1.807) is 11.9 Å². The molecule has 0 aliphatic rings. The Morgan fingerprint density at radius 2 is 1.62 bits per heavy atom. The molecule has 0 aromatic heterocycles. The second-order valence-corrected chi connectivity index (χ2v) is 7.14. The van der Waals surface area contributed by atoms with Gasteiger partial charge in [-0.15, -0.1) is 0 Å². The van der Waals surface area contributed by atoms with Crippen molar-refractivity contribution < 1.29 is 4.79 Å². The average Bonchev–Trinajstić information content (AvgIpc) is 2.66. The summed E-state index contributed by atoms with van der Waals surface area (Å²) in [5, 5.41) is 0. The largest absolute Gasteiger partial charge is 0.310 e. The number of halogens is 1. The Bertz CT molecular complexity index is 999. The van der Waals surface area contributed by atoms with E-state index >= 15 is 0 Å². The zero-order valence-electron chi connectivity index (χ0n) is 14.7. The number of anilines is 1. The van der Waals surface area contributed by atoms with Crippen LogP contribution in [0.5, 0.6) is 0 Å². The standard InChI is InChI=1S/C23H18INO/c1-17-12-15-22(19(16-17)14-13-18-8-4-3-5-9-18)25(2)23(26)20-10-6-7-11-21(20)24/h3-12,15-16H,1-2H3. The Kier molecular flexibility index (Phi) is 5.75. The summed E-state index contributed by atoms with van der Waals surface area (Å²) in [4.78, 5) is 14.6. The van der Waals surface area contributed by atoms with E-state index in [0.717, 1.165) is 25.9 Å².